The average molecular weight is 333 g/mol. The molecule has 2 aliphatic heterocycles. The third kappa shape index (κ3) is 2.93. The van der Waals surface area contributed by atoms with Gasteiger partial charge in [0.2, 0.25) is 0 Å². The van der Waals surface area contributed by atoms with E-state index in [1.54, 1.807) is 32.9 Å². The fraction of sp³-hybridized carbons (Fsp3) is 0.333. The SMILES string of the molecule is C=CCN1C=C([N+](=O)[O-])C2N(CC=C)C=C([N+](=O)[O-])C1N2CC=C. The van der Waals surface area contributed by atoms with Gasteiger partial charge in [0.05, 0.1) is 22.2 Å². The van der Waals surface area contributed by atoms with Gasteiger partial charge in [-0.05, 0) is 0 Å². The Kier molecular flexibility index (Phi) is 5.14. The first-order valence-electron chi connectivity index (χ1n) is 7.28. The van der Waals surface area contributed by atoms with E-state index in [1.165, 1.54) is 12.4 Å². The second-order valence-corrected chi connectivity index (χ2v) is 5.33. The first-order chi connectivity index (χ1) is 11.5. The van der Waals surface area contributed by atoms with Crippen LogP contribution in [0.25, 0.3) is 0 Å². The van der Waals surface area contributed by atoms with Crippen LogP contribution in [0.2, 0.25) is 0 Å². The zero-order valence-corrected chi connectivity index (χ0v) is 13.2. The first kappa shape index (κ1) is 17.4. The fourth-order valence-electron chi connectivity index (χ4n) is 3.04. The smallest absolute Gasteiger partial charge is 0.299 e. The monoisotopic (exact) mass is 333 g/mol. The van der Waals surface area contributed by atoms with Crippen LogP contribution in [0.15, 0.2) is 61.8 Å². The van der Waals surface area contributed by atoms with Gasteiger partial charge in [-0.15, -0.1) is 19.7 Å². The summed E-state index contributed by atoms with van der Waals surface area (Å²) in [6, 6.07) is 0. The van der Waals surface area contributed by atoms with Crippen LogP contribution in [0.5, 0.6) is 0 Å². The number of hydrogen-bond donors (Lipinski definition) is 0. The Morgan fingerprint density at radius 3 is 1.54 bits per heavy atom. The lowest BCUT2D eigenvalue weighted by atomic mass is 10.1. The van der Waals surface area contributed by atoms with Gasteiger partial charge >= 0.3 is 0 Å². The second kappa shape index (κ2) is 7.09. The molecular formula is C15H19N5O4. The highest BCUT2D eigenvalue weighted by molar-refractivity contribution is 5.22. The minimum Gasteiger partial charge on any atom is -0.343 e. The summed E-state index contributed by atoms with van der Waals surface area (Å²) in [4.78, 5) is 26.9. The highest BCUT2D eigenvalue weighted by atomic mass is 16.6. The highest BCUT2D eigenvalue weighted by Gasteiger charge is 2.52. The molecule has 0 aliphatic carbocycles. The third-order valence-corrected chi connectivity index (χ3v) is 3.82. The fourth-order valence-corrected chi connectivity index (χ4v) is 3.04. The molecule has 0 fully saturated rings. The van der Waals surface area contributed by atoms with Gasteiger partial charge in [0.1, 0.15) is 0 Å². The number of rotatable bonds is 8. The van der Waals surface area contributed by atoms with E-state index >= 15 is 0 Å². The van der Waals surface area contributed by atoms with E-state index in [-0.39, 0.29) is 31.0 Å². The van der Waals surface area contributed by atoms with Gasteiger partial charge in [-0.25, -0.2) is 4.90 Å². The summed E-state index contributed by atoms with van der Waals surface area (Å²) in [6.07, 6.45) is 5.94. The molecule has 0 saturated heterocycles. The molecule has 0 N–H and O–H groups in total. The van der Waals surface area contributed by atoms with E-state index in [0.717, 1.165) is 0 Å². The van der Waals surface area contributed by atoms with Gasteiger partial charge in [0.25, 0.3) is 11.4 Å². The molecule has 0 radical (unpaired) electrons. The molecule has 0 amide bonds. The minimum absolute atomic E-state index is 0.0598. The molecule has 0 saturated carbocycles. The van der Waals surface area contributed by atoms with Gasteiger partial charge in [-0.1, -0.05) is 18.2 Å². The summed E-state index contributed by atoms with van der Waals surface area (Å²) in [5.74, 6) is 0. The first-order valence-corrected chi connectivity index (χ1v) is 7.28. The summed E-state index contributed by atoms with van der Waals surface area (Å²) >= 11 is 0. The van der Waals surface area contributed by atoms with Crippen LogP contribution in [-0.4, -0.2) is 56.5 Å². The van der Waals surface area contributed by atoms with Gasteiger partial charge < -0.3 is 9.80 Å². The van der Waals surface area contributed by atoms with Gasteiger partial charge in [0, 0.05) is 19.6 Å². The Hall–Kier alpha value is -2.94. The largest absolute Gasteiger partial charge is 0.343 e. The highest BCUT2D eigenvalue weighted by Crippen LogP contribution is 2.35. The van der Waals surface area contributed by atoms with E-state index in [2.05, 4.69) is 19.7 Å². The molecule has 9 nitrogen and oxygen atoms in total. The summed E-state index contributed by atoms with van der Waals surface area (Å²) in [5.41, 5.74) is -0.120. The van der Waals surface area contributed by atoms with E-state index in [1.807, 2.05) is 0 Å². The van der Waals surface area contributed by atoms with Crippen molar-refractivity contribution >= 4 is 0 Å². The van der Waals surface area contributed by atoms with Crippen molar-refractivity contribution in [2.45, 2.75) is 12.3 Å². The van der Waals surface area contributed by atoms with Crippen LogP contribution >= 0.6 is 0 Å². The van der Waals surface area contributed by atoms with E-state index in [9.17, 15) is 20.2 Å². The van der Waals surface area contributed by atoms with Gasteiger partial charge in [-0.2, -0.15) is 0 Å². The maximum Gasteiger partial charge on any atom is 0.299 e. The molecule has 2 aliphatic rings. The number of nitrogens with zero attached hydrogens (tertiary/aromatic N) is 5. The van der Waals surface area contributed by atoms with Crippen LogP contribution in [-0.2, 0) is 0 Å². The molecule has 128 valence electrons. The van der Waals surface area contributed by atoms with Crippen LogP contribution in [0, 0.1) is 20.2 Å². The van der Waals surface area contributed by atoms with Crippen molar-refractivity contribution in [3.05, 3.63) is 82.0 Å². The lowest BCUT2D eigenvalue weighted by molar-refractivity contribution is -0.458. The van der Waals surface area contributed by atoms with Crippen molar-refractivity contribution in [2.24, 2.45) is 0 Å². The maximum atomic E-state index is 11.5. The summed E-state index contributed by atoms with van der Waals surface area (Å²) < 4.78 is 0. The zero-order chi connectivity index (χ0) is 17.9. The predicted molar refractivity (Wildman–Crippen MR) is 88.4 cm³/mol. The molecule has 2 bridgehead atoms. The quantitative estimate of drug-likeness (QED) is 0.376. The van der Waals surface area contributed by atoms with Crippen molar-refractivity contribution in [3.8, 4) is 0 Å². The Morgan fingerprint density at radius 2 is 1.25 bits per heavy atom. The molecule has 24 heavy (non-hydrogen) atoms. The Balaban J connectivity index is 2.64. The van der Waals surface area contributed by atoms with Gasteiger partial charge in [0.15, 0.2) is 12.3 Å². The van der Waals surface area contributed by atoms with Crippen molar-refractivity contribution in [2.75, 3.05) is 19.6 Å². The number of nitro groups is 2. The normalized spacial score (nSPS) is 23.2. The molecule has 0 spiro atoms. The molecule has 2 atom stereocenters. The molecule has 2 rings (SSSR count). The molecule has 0 aromatic carbocycles. The predicted octanol–water partition coefficient (Wildman–Crippen LogP) is 1.37. The molecule has 2 heterocycles. The van der Waals surface area contributed by atoms with Crippen molar-refractivity contribution in [1.82, 2.24) is 14.7 Å². The van der Waals surface area contributed by atoms with E-state index in [0.29, 0.717) is 0 Å². The van der Waals surface area contributed by atoms with Crippen molar-refractivity contribution in [3.63, 3.8) is 0 Å². The number of hydrogen-bond acceptors (Lipinski definition) is 7. The average Bonchev–Trinajstić information content (AvgIpc) is 2.51. The Labute approximate surface area is 139 Å². The van der Waals surface area contributed by atoms with E-state index in [4.69, 9.17) is 0 Å². The molecular weight excluding hydrogens is 314 g/mol. The molecule has 2 unspecified atom stereocenters. The second-order valence-electron chi connectivity index (χ2n) is 5.33. The maximum absolute atomic E-state index is 11.5. The van der Waals surface area contributed by atoms with Gasteiger partial charge in [-0.3, -0.25) is 20.2 Å². The van der Waals surface area contributed by atoms with Crippen LogP contribution < -0.4 is 0 Å². The molecule has 0 aromatic heterocycles. The summed E-state index contributed by atoms with van der Waals surface area (Å²) in [6.45, 7) is 11.7. The lowest BCUT2D eigenvalue weighted by Gasteiger charge is -2.48. The summed E-state index contributed by atoms with van der Waals surface area (Å²) in [7, 11) is 0. The lowest BCUT2D eigenvalue weighted by Crippen LogP contribution is -2.64. The van der Waals surface area contributed by atoms with Crippen LogP contribution in [0.4, 0.5) is 0 Å². The number of fused-ring (bicyclic) bond motifs is 2. The molecule has 0 aromatic rings. The standard InChI is InChI=1S/C15H19N5O4/c1-4-7-16-10-12(19(21)22)15-17(8-5-2)11-13(20(23)24)14(16)18(15)9-6-3/h4-6,10-11,14-15H,1-3,7-9H2. The van der Waals surface area contributed by atoms with Crippen molar-refractivity contribution in [1.29, 1.82) is 0 Å². The molecule has 9 heteroatoms. The zero-order valence-electron chi connectivity index (χ0n) is 13.2. The van der Waals surface area contributed by atoms with Crippen molar-refractivity contribution < 1.29 is 9.85 Å². The minimum atomic E-state index is -0.731. The van der Waals surface area contributed by atoms with Crippen LogP contribution in [0.1, 0.15) is 0 Å². The third-order valence-electron chi connectivity index (χ3n) is 3.82. The Bertz CT molecular complexity index is 592. The summed E-state index contributed by atoms with van der Waals surface area (Å²) in [5, 5.41) is 23.1. The van der Waals surface area contributed by atoms with Crippen LogP contribution in [0.3, 0.4) is 0 Å². The topological polar surface area (TPSA) is 96.0 Å². The van der Waals surface area contributed by atoms with E-state index < -0.39 is 22.2 Å². The Morgan fingerprint density at radius 1 is 0.875 bits per heavy atom.